The van der Waals surface area contributed by atoms with E-state index in [9.17, 15) is 0 Å². The maximum absolute atomic E-state index is 5.71. The minimum atomic E-state index is 0.704. The zero-order chi connectivity index (χ0) is 11.3. The van der Waals surface area contributed by atoms with E-state index in [1.54, 1.807) is 0 Å². The van der Waals surface area contributed by atoms with Crippen molar-refractivity contribution in [2.24, 2.45) is 0 Å². The number of hydrogen-bond acceptors (Lipinski definition) is 3. The lowest BCUT2D eigenvalue weighted by Gasteiger charge is -2.25. The number of nitrogen functional groups attached to an aromatic ring is 1. The molecule has 2 N–H and O–H groups in total. The summed E-state index contributed by atoms with van der Waals surface area (Å²) in [5.41, 5.74) is 7.60. The van der Waals surface area contributed by atoms with Gasteiger partial charge in [0.2, 0.25) is 0 Å². The molecule has 83 valence electrons. The average Bonchev–Trinajstić information content (AvgIpc) is 2.18. The van der Waals surface area contributed by atoms with Gasteiger partial charge in [-0.1, -0.05) is 6.07 Å². The first-order chi connectivity index (χ1) is 7.13. The van der Waals surface area contributed by atoms with E-state index < -0.39 is 0 Å². The van der Waals surface area contributed by atoms with Gasteiger partial charge in [-0.05, 0) is 33.2 Å². The normalized spacial score (nSPS) is 10.7. The van der Waals surface area contributed by atoms with Crippen LogP contribution < -0.4 is 10.6 Å². The molecule has 1 aromatic carbocycles. The highest BCUT2D eigenvalue weighted by Gasteiger charge is 2.04. The van der Waals surface area contributed by atoms with Crippen LogP contribution in [0.15, 0.2) is 18.2 Å². The van der Waals surface area contributed by atoms with Gasteiger partial charge in [0.25, 0.3) is 0 Å². The molecule has 0 saturated heterocycles. The summed E-state index contributed by atoms with van der Waals surface area (Å²) in [6.45, 7) is 5.22. The van der Waals surface area contributed by atoms with E-state index in [0.717, 1.165) is 19.6 Å². The van der Waals surface area contributed by atoms with Crippen molar-refractivity contribution in [1.29, 1.82) is 0 Å². The van der Waals surface area contributed by atoms with Crippen LogP contribution in [0.1, 0.15) is 6.92 Å². The second-order valence-electron chi connectivity index (χ2n) is 3.89. The van der Waals surface area contributed by atoms with Crippen molar-refractivity contribution in [3.63, 3.8) is 0 Å². The number of anilines is 2. The average molecular weight is 206 g/mol. The van der Waals surface area contributed by atoms with Gasteiger partial charge >= 0.3 is 0 Å². The molecular weight excluding hydrogens is 186 g/mol. The van der Waals surface area contributed by atoms with Gasteiger partial charge in [0.15, 0.2) is 0 Å². The van der Waals surface area contributed by atoms with E-state index in [2.05, 4.69) is 43.0 Å². The predicted molar refractivity (Wildman–Crippen MR) is 66.1 cm³/mol. The summed E-state index contributed by atoms with van der Waals surface area (Å²) >= 11 is 0. The molecule has 3 heteroatoms. The van der Waals surface area contributed by atoms with Crippen molar-refractivity contribution in [3.05, 3.63) is 24.3 Å². The van der Waals surface area contributed by atoms with Gasteiger partial charge in [-0.25, -0.2) is 0 Å². The van der Waals surface area contributed by atoms with Crippen molar-refractivity contribution in [3.8, 4) is 0 Å². The van der Waals surface area contributed by atoms with Gasteiger partial charge in [-0.3, -0.25) is 0 Å². The van der Waals surface area contributed by atoms with Crippen LogP contribution in [0, 0.1) is 6.07 Å². The van der Waals surface area contributed by atoms with Crippen LogP contribution in [0.3, 0.4) is 0 Å². The summed E-state index contributed by atoms with van der Waals surface area (Å²) in [5, 5.41) is 0. The van der Waals surface area contributed by atoms with Crippen molar-refractivity contribution < 1.29 is 0 Å². The molecule has 0 fully saturated rings. The molecular formula is C12H20N3. The SMILES string of the molecule is CCN(CCN(C)C)c1cc[c]c(N)c1. The summed E-state index contributed by atoms with van der Waals surface area (Å²) in [5.74, 6) is 0. The third kappa shape index (κ3) is 3.80. The number of benzene rings is 1. The lowest BCUT2D eigenvalue weighted by Crippen LogP contribution is -2.31. The number of likely N-dealkylation sites (N-methyl/N-ethyl adjacent to an activating group) is 2. The fourth-order valence-corrected chi connectivity index (χ4v) is 1.46. The Labute approximate surface area is 92.5 Å². The summed E-state index contributed by atoms with van der Waals surface area (Å²) < 4.78 is 0. The van der Waals surface area contributed by atoms with E-state index in [0.29, 0.717) is 5.69 Å². The fraction of sp³-hybridized carbons (Fsp3) is 0.500. The second-order valence-corrected chi connectivity index (χ2v) is 3.89. The predicted octanol–water partition coefficient (Wildman–Crippen LogP) is 1.46. The minimum Gasteiger partial charge on any atom is -0.398 e. The molecule has 1 aromatic rings. The first-order valence-electron chi connectivity index (χ1n) is 5.30. The quantitative estimate of drug-likeness (QED) is 0.740. The van der Waals surface area contributed by atoms with Crippen molar-refractivity contribution >= 4 is 11.4 Å². The molecule has 0 aliphatic carbocycles. The second kappa shape index (κ2) is 5.61. The zero-order valence-corrected chi connectivity index (χ0v) is 9.83. The lowest BCUT2D eigenvalue weighted by molar-refractivity contribution is 0.414. The Morgan fingerprint density at radius 3 is 2.60 bits per heavy atom. The molecule has 1 radical (unpaired) electrons. The van der Waals surface area contributed by atoms with E-state index in [1.165, 1.54) is 5.69 Å². The molecule has 15 heavy (non-hydrogen) atoms. The molecule has 0 saturated carbocycles. The summed E-state index contributed by atoms with van der Waals surface area (Å²) in [6, 6.07) is 8.86. The highest BCUT2D eigenvalue weighted by atomic mass is 15.2. The van der Waals surface area contributed by atoms with E-state index in [-0.39, 0.29) is 0 Å². The van der Waals surface area contributed by atoms with Crippen molar-refractivity contribution in [1.82, 2.24) is 4.90 Å². The molecule has 0 atom stereocenters. The molecule has 0 bridgehead atoms. The standard InChI is InChI=1S/C12H20N3/c1-4-15(9-8-14(2)3)12-7-5-6-11(13)10-12/h5,7,10H,4,8-9,13H2,1-3H3. The summed E-state index contributed by atoms with van der Waals surface area (Å²) in [7, 11) is 4.17. The molecule has 0 heterocycles. The molecule has 0 unspecified atom stereocenters. The van der Waals surface area contributed by atoms with E-state index in [4.69, 9.17) is 5.73 Å². The smallest absolute Gasteiger partial charge is 0.0415 e. The number of hydrogen-bond donors (Lipinski definition) is 1. The van der Waals surface area contributed by atoms with Gasteiger partial charge in [0, 0.05) is 37.1 Å². The largest absolute Gasteiger partial charge is 0.398 e. The van der Waals surface area contributed by atoms with Crippen LogP contribution in [0.2, 0.25) is 0 Å². The van der Waals surface area contributed by atoms with Gasteiger partial charge in [-0.15, -0.1) is 0 Å². The Kier molecular flexibility index (Phi) is 4.43. The first-order valence-corrected chi connectivity index (χ1v) is 5.30. The van der Waals surface area contributed by atoms with Gasteiger partial charge in [-0.2, -0.15) is 0 Å². The minimum absolute atomic E-state index is 0.704. The molecule has 0 spiro atoms. The van der Waals surface area contributed by atoms with Crippen LogP contribution >= 0.6 is 0 Å². The molecule has 0 aliphatic rings. The topological polar surface area (TPSA) is 32.5 Å². The third-order valence-electron chi connectivity index (χ3n) is 2.37. The Hall–Kier alpha value is -1.22. The molecule has 0 amide bonds. The summed E-state index contributed by atoms with van der Waals surface area (Å²) in [6.07, 6.45) is 0. The Morgan fingerprint density at radius 2 is 2.07 bits per heavy atom. The number of nitrogens with zero attached hydrogens (tertiary/aromatic N) is 2. The fourth-order valence-electron chi connectivity index (χ4n) is 1.46. The lowest BCUT2D eigenvalue weighted by atomic mass is 10.2. The Morgan fingerprint density at radius 1 is 1.33 bits per heavy atom. The maximum atomic E-state index is 5.71. The van der Waals surface area contributed by atoms with Crippen LogP contribution in [-0.4, -0.2) is 38.6 Å². The maximum Gasteiger partial charge on any atom is 0.0415 e. The number of rotatable bonds is 5. The van der Waals surface area contributed by atoms with Gasteiger partial charge < -0.3 is 15.5 Å². The van der Waals surface area contributed by atoms with Gasteiger partial charge in [0.1, 0.15) is 0 Å². The summed E-state index contributed by atoms with van der Waals surface area (Å²) in [4.78, 5) is 4.49. The first kappa shape index (κ1) is 11.9. The van der Waals surface area contributed by atoms with Crippen LogP contribution in [0.25, 0.3) is 0 Å². The van der Waals surface area contributed by atoms with E-state index >= 15 is 0 Å². The monoisotopic (exact) mass is 206 g/mol. The van der Waals surface area contributed by atoms with Crippen molar-refractivity contribution in [2.45, 2.75) is 6.92 Å². The molecule has 1 rings (SSSR count). The Bertz CT molecular complexity index is 297. The van der Waals surface area contributed by atoms with Crippen LogP contribution in [-0.2, 0) is 0 Å². The van der Waals surface area contributed by atoms with Crippen LogP contribution in [0.4, 0.5) is 11.4 Å². The molecule has 0 aromatic heterocycles. The number of nitrogens with two attached hydrogens (primary N) is 1. The highest BCUT2D eigenvalue weighted by molar-refractivity contribution is 5.55. The zero-order valence-electron chi connectivity index (χ0n) is 9.83. The van der Waals surface area contributed by atoms with E-state index in [1.807, 2.05) is 12.1 Å². The van der Waals surface area contributed by atoms with Crippen LogP contribution in [0.5, 0.6) is 0 Å². The highest BCUT2D eigenvalue weighted by Crippen LogP contribution is 2.16. The van der Waals surface area contributed by atoms with Crippen molar-refractivity contribution in [2.75, 3.05) is 44.4 Å². The van der Waals surface area contributed by atoms with Gasteiger partial charge in [0.05, 0.1) is 0 Å². The third-order valence-corrected chi connectivity index (χ3v) is 2.37. The Balaban J connectivity index is 2.65. The molecule has 3 nitrogen and oxygen atoms in total. The molecule has 0 aliphatic heterocycles.